The maximum absolute atomic E-state index is 11.9. The Kier molecular flexibility index (Phi) is 3.64. The van der Waals surface area contributed by atoms with Crippen molar-refractivity contribution in [3.05, 3.63) is 29.8 Å². The summed E-state index contributed by atoms with van der Waals surface area (Å²) in [7, 11) is -3.76. The van der Waals surface area contributed by atoms with Gasteiger partial charge in [-0.05, 0) is 0 Å². The van der Waals surface area contributed by atoms with Crippen LogP contribution < -0.4 is 0 Å². The second-order valence-electron chi connectivity index (χ2n) is 2.62. The Morgan fingerprint density at radius 3 is 2.14 bits per heavy atom. The van der Waals surface area contributed by atoms with E-state index in [0.29, 0.717) is 0 Å². The monoisotopic (exact) mass is 286 g/mol. The molecular weight excluding hydrogens is 277 g/mol. The molecule has 1 aromatic carbocycles. The zero-order valence-electron chi connectivity index (χ0n) is 7.28. The molecule has 1 rings (SSSR count). The SMILES string of the molecule is Cc1ccc(S(=O)(=O)[Se]C(F)F)cc1. The van der Waals surface area contributed by atoms with Crippen molar-refractivity contribution in [3.63, 3.8) is 0 Å². The van der Waals surface area contributed by atoms with Crippen LogP contribution in [0.1, 0.15) is 5.56 Å². The molecule has 0 amide bonds. The molecule has 0 spiro atoms. The van der Waals surface area contributed by atoms with Gasteiger partial charge in [-0.3, -0.25) is 0 Å². The molecule has 0 unspecified atom stereocenters. The Bertz CT molecular complexity index is 400. The molecule has 0 saturated heterocycles. The minimum absolute atomic E-state index is 0.0246. The Morgan fingerprint density at radius 1 is 1.21 bits per heavy atom. The summed E-state index contributed by atoms with van der Waals surface area (Å²) in [6.45, 7) is 1.80. The van der Waals surface area contributed by atoms with Crippen LogP contribution in [0.5, 0.6) is 0 Å². The van der Waals surface area contributed by atoms with Crippen LogP contribution in [0.2, 0.25) is 0 Å². The molecule has 1 aromatic rings. The van der Waals surface area contributed by atoms with Crippen LogP contribution in [0.3, 0.4) is 0 Å². The fourth-order valence-electron chi connectivity index (χ4n) is 0.856. The van der Waals surface area contributed by atoms with Crippen molar-refractivity contribution < 1.29 is 17.2 Å². The number of hydrogen-bond donors (Lipinski definition) is 0. The molecule has 0 heterocycles. The summed E-state index contributed by atoms with van der Waals surface area (Å²) >= 11 is -1.69. The van der Waals surface area contributed by atoms with Gasteiger partial charge in [0.15, 0.2) is 0 Å². The van der Waals surface area contributed by atoms with Crippen molar-refractivity contribution in [2.24, 2.45) is 0 Å². The van der Waals surface area contributed by atoms with Gasteiger partial charge in [0, 0.05) is 0 Å². The fraction of sp³-hybridized carbons (Fsp3) is 0.250. The third-order valence-electron chi connectivity index (χ3n) is 1.51. The first kappa shape index (κ1) is 11.6. The van der Waals surface area contributed by atoms with Crippen molar-refractivity contribution in [2.75, 3.05) is 0 Å². The molecule has 0 N–H and O–H groups in total. The van der Waals surface area contributed by atoms with Gasteiger partial charge in [0.25, 0.3) is 0 Å². The predicted molar refractivity (Wildman–Crippen MR) is 50.1 cm³/mol. The van der Waals surface area contributed by atoms with E-state index in [1.807, 2.05) is 0 Å². The summed E-state index contributed by atoms with van der Waals surface area (Å²) in [5.41, 5.74) is 0.897. The Balaban J connectivity index is 2.99. The summed E-state index contributed by atoms with van der Waals surface area (Å²) in [5, 5.41) is -2.77. The van der Waals surface area contributed by atoms with Gasteiger partial charge in [-0.25, -0.2) is 0 Å². The average Bonchev–Trinajstić information content (AvgIpc) is 2.02. The second-order valence-corrected chi connectivity index (χ2v) is 8.92. The van der Waals surface area contributed by atoms with E-state index in [1.165, 1.54) is 12.1 Å². The molecule has 0 aliphatic carbocycles. The van der Waals surface area contributed by atoms with E-state index in [-0.39, 0.29) is 4.90 Å². The van der Waals surface area contributed by atoms with Gasteiger partial charge in [-0.2, -0.15) is 0 Å². The van der Waals surface area contributed by atoms with Crippen LogP contribution in [0.25, 0.3) is 0 Å². The van der Waals surface area contributed by atoms with Gasteiger partial charge in [0.05, 0.1) is 0 Å². The van der Waals surface area contributed by atoms with Gasteiger partial charge in [0.1, 0.15) is 0 Å². The first-order valence-electron chi connectivity index (χ1n) is 3.70. The molecule has 14 heavy (non-hydrogen) atoms. The fourth-order valence-corrected chi connectivity index (χ4v) is 4.23. The Morgan fingerprint density at radius 2 is 1.71 bits per heavy atom. The summed E-state index contributed by atoms with van der Waals surface area (Å²) < 4.78 is 46.5. The summed E-state index contributed by atoms with van der Waals surface area (Å²) in [6.07, 6.45) is 0. The van der Waals surface area contributed by atoms with Crippen LogP contribution in [0.15, 0.2) is 29.2 Å². The summed E-state index contributed by atoms with van der Waals surface area (Å²) in [5.74, 6) is 0. The van der Waals surface area contributed by atoms with Crippen molar-refractivity contribution in [1.29, 1.82) is 0 Å². The number of hydrogen-bond acceptors (Lipinski definition) is 2. The first-order valence-corrected chi connectivity index (χ1v) is 8.19. The summed E-state index contributed by atoms with van der Waals surface area (Å²) in [6, 6.07) is 5.90. The van der Waals surface area contributed by atoms with E-state index in [2.05, 4.69) is 0 Å². The van der Waals surface area contributed by atoms with E-state index in [1.54, 1.807) is 19.1 Å². The standard InChI is InChI=1S/C8H8F2O2SSe/c1-6-2-4-7(5-3-6)13(11,12)14-8(9)10/h2-5,8H,1H3. The molecule has 0 fully saturated rings. The van der Waals surface area contributed by atoms with Crippen molar-refractivity contribution in [1.82, 2.24) is 0 Å². The molecule has 78 valence electrons. The number of aryl methyl sites for hydroxylation is 1. The quantitative estimate of drug-likeness (QED) is 0.791. The Labute approximate surface area is 86.5 Å². The number of alkyl halides is 2. The zero-order chi connectivity index (χ0) is 10.8. The molecule has 0 aliphatic rings. The van der Waals surface area contributed by atoms with Crippen LogP contribution >= 0.6 is 0 Å². The van der Waals surface area contributed by atoms with E-state index < -0.39 is 27.4 Å². The molecule has 0 bridgehead atoms. The van der Waals surface area contributed by atoms with Gasteiger partial charge >= 0.3 is 86.3 Å². The predicted octanol–water partition coefficient (Wildman–Crippen LogP) is 1.61. The van der Waals surface area contributed by atoms with Crippen LogP contribution in [0.4, 0.5) is 8.78 Å². The number of rotatable bonds is 3. The minimum atomic E-state index is -3.76. The van der Waals surface area contributed by atoms with Crippen molar-refractivity contribution in [3.8, 4) is 0 Å². The first-order chi connectivity index (χ1) is 6.42. The van der Waals surface area contributed by atoms with Crippen LogP contribution in [-0.2, 0) is 8.26 Å². The maximum atomic E-state index is 11.9. The summed E-state index contributed by atoms with van der Waals surface area (Å²) in [4.78, 5) is -0.0246. The molecule has 2 nitrogen and oxygen atoms in total. The van der Waals surface area contributed by atoms with Gasteiger partial charge in [-0.1, -0.05) is 0 Å². The molecule has 0 aliphatic heterocycles. The van der Waals surface area contributed by atoms with E-state index >= 15 is 0 Å². The van der Waals surface area contributed by atoms with Gasteiger partial charge in [0.2, 0.25) is 0 Å². The normalized spacial score (nSPS) is 12.0. The Hall–Kier alpha value is -0.451. The molecule has 0 atom stereocenters. The zero-order valence-corrected chi connectivity index (χ0v) is 9.81. The van der Waals surface area contributed by atoms with Crippen LogP contribution in [0, 0.1) is 6.92 Å². The molecule has 0 aromatic heterocycles. The topological polar surface area (TPSA) is 34.1 Å². The van der Waals surface area contributed by atoms with Crippen molar-refractivity contribution >= 4 is 22.1 Å². The number of benzene rings is 1. The van der Waals surface area contributed by atoms with E-state index in [9.17, 15) is 17.2 Å². The van der Waals surface area contributed by atoms with Crippen molar-refractivity contribution in [2.45, 2.75) is 17.1 Å². The molecule has 6 heteroatoms. The molecule has 0 saturated carbocycles. The van der Waals surface area contributed by atoms with E-state index in [4.69, 9.17) is 0 Å². The average molecular weight is 285 g/mol. The van der Waals surface area contributed by atoms with Gasteiger partial charge in [-0.15, -0.1) is 0 Å². The van der Waals surface area contributed by atoms with E-state index in [0.717, 1.165) is 5.56 Å². The second kappa shape index (κ2) is 4.38. The number of halogens is 2. The van der Waals surface area contributed by atoms with Gasteiger partial charge < -0.3 is 0 Å². The molecule has 0 radical (unpaired) electrons. The third kappa shape index (κ3) is 3.04. The van der Waals surface area contributed by atoms with Crippen LogP contribution in [-0.4, -0.2) is 27.6 Å². The molecular formula is C8H8F2O2SSe. The third-order valence-corrected chi connectivity index (χ3v) is 6.48.